The Hall–Kier alpha value is -1.79. The molecule has 0 fully saturated rings. The summed E-state index contributed by atoms with van der Waals surface area (Å²) in [7, 11) is 0. The summed E-state index contributed by atoms with van der Waals surface area (Å²) in [5, 5.41) is 2.59. The molecule has 0 bridgehead atoms. The lowest BCUT2D eigenvalue weighted by Crippen LogP contribution is -2.31. The molecule has 0 aliphatic heterocycles. The molecule has 0 heterocycles. The molecule has 0 saturated heterocycles. The van der Waals surface area contributed by atoms with Crippen LogP contribution >= 0.6 is 0 Å². The first-order valence-corrected chi connectivity index (χ1v) is 13.0. The Balaban J connectivity index is 3.81. The van der Waals surface area contributed by atoms with Crippen LogP contribution in [0.3, 0.4) is 0 Å². The zero-order chi connectivity index (χ0) is 25.1. The van der Waals surface area contributed by atoms with E-state index in [2.05, 4.69) is 19.2 Å². The number of unbranched alkanes of at least 4 members (excludes halogenated alkanes) is 3. The van der Waals surface area contributed by atoms with Crippen LogP contribution in [0.15, 0.2) is 0 Å². The monoisotopic (exact) mass is 471 g/mol. The van der Waals surface area contributed by atoms with Crippen molar-refractivity contribution in [2.24, 2.45) is 11.8 Å². The number of carbonyl (C=O) groups excluding carboxylic acids is 3. The van der Waals surface area contributed by atoms with Crippen LogP contribution in [0.5, 0.6) is 0 Å². The summed E-state index contributed by atoms with van der Waals surface area (Å²) in [5.74, 6) is 0.125. The molecule has 0 aromatic rings. The first kappa shape index (κ1) is 31.2. The zero-order valence-electron chi connectivity index (χ0n) is 22.0. The van der Waals surface area contributed by atoms with Gasteiger partial charge in [0.25, 0.3) is 0 Å². The second kappa shape index (κ2) is 19.7. The molecule has 0 saturated carbocycles. The Morgan fingerprint density at radius 2 is 1.55 bits per heavy atom. The molecule has 33 heavy (non-hydrogen) atoms. The molecule has 1 N–H and O–H groups in total. The van der Waals surface area contributed by atoms with Gasteiger partial charge in [0, 0.05) is 6.42 Å². The van der Waals surface area contributed by atoms with E-state index in [0.29, 0.717) is 12.3 Å². The molecule has 0 radical (unpaired) electrons. The predicted molar refractivity (Wildman–Crippen MR) is 131 cm³/mol. The van der Waals surface area contributed by atoms with Crippen molar-refractivity contribution in [2.75, 3.05) is 13.2 Å². The summed E-state index contributed by atoms with van der Waals surface area (Å²) in [6.07, 6.45) is 9.40. The second-order valence-electron chi connectivity index (χ2n) is 9.17. The van der Waals surface area contributed by atoms with Crippen molar-refractivity contribution in [1.82, 2.24) is 5.32 Å². The Bertz CT molecular complexity index is 539. The second-order valence-corrected chi connectivity index (χ2v) is 9.17. The lowest BCUT2D eigenvalue weighted by atomic mass is 9.93. The molecule has 0 aromatic heterocycles. The van der Waals surface area contributed by atoms with Gasteiger partial charge in [-0.25, -0.2) is 4.79 Å². The molecule has 0 spiro atoms. The lowest BCUT2D eigenvalue weighted by molar-refractivity contribution is -0.149. The molecule has 0 aromatic carbocycles. The SMILES string of the molecule is CCCCC(CC)CC(C)OC(=O)CCCCCC(C)OC(=O)NCCOC(=O)C(C)CC. The van der Waals surface area contributed by atoms with Crippen LogP contribution in [-0.4, -0.2) is 43.4 Å². The highest BCUT2D eigenvalue weighted by molar-refractivity contribution is 5.72. The summed E-state index contributed by atoms with van der Waals surface area (Å²) in [5.41, 5.74) is 0. The highest BCUT2D eigenvalue weighted by Crippen LogP contribution is 2.20. The summed E-state index contributed by atoms with van der Waals surface area (Å²) in [4.78, 5) is 35.4. The van der Waals surface area contributed by atoms with E-state index in [1.54, 1.807) is 0 Å². The third-order valence-electron chi connectivity index (χ3n) is 5.97. The Morgan fingerprint density at radius 1 is 0.818 bits per heavy atom. The summed E-state index contributed by atoms with van der Waals surface area (Å²) in [6.45, 7) is 12.3. The van der Waals surface area contributed by atoms with Crippen molar-refractivity contribution >= 4 is 18.0 Å². The fourth-order valence-corrected chi connectivity index (χ4v) is 3.56. The molecule has 4 atom stereocenters. The third kappa shape index (κ3) is 17.4. The maximum atomic E-state index is 12.1. The smallest absolute Gasteiger partial charge is 0.407 e. The number of hydrogen-bond donors (Lipinski definition) is 1. The van der Waals surface area contributed by atoms with Crippen LogP contribution in [-0.2, 0) is 23.8 Å². The van der Waals surface area contributed by atoms with Crippen molar-refractivity contribution in [1.29, 1.82) is 0 Å². The van der Waals surface area contributed by atoms with E-state index in [-0.39, 0.29) is 43.2 Å². The first-order chi connectivity index (χ1) is 15.7. The van der Waals surface area contributed by atoms with Gasteiger partial charge in [-0.1, -0.05) is 59.8 Å². The fourth-order valence-electron chi connectivity index (χ4n) is 3.56. The van der Waals surface area contributed by atoms with Gasteiger partial charge in [0.05, 0.1) is 18.6 Å². The average Bonchev–Trinajstić information content (AvgIpc) is 2.78. The van der Waals surface area contributed by atoms with Crippen LogP contribution in [0.1, 0.15) is 112 Å². The van der Waals surface area contributed by atoms with Crippen molar-refractivity contribution in [2.45, 2.75) is 124 Å². The minimum Gasteiger partial charge on any atom is -0.464 e. The minimum atomic E-state index is -0.510. The Morgan fingerprint density at radius 3 is 2.18 bits per heavy atom. The van der Waals surface area contributed by atoms with Crippen molar-refractivity contribution in [3.8, 4) is 0 Å². The van der Waals surface area contributed by atoms with Gasteiger partial charge in [0.1, 0.15) is 12.7 Å². The molecule has 7 heteroatoms. The van der Waals surface area contributed by atoms with Gasteiger partial charge in [0.2, 0.25) is 0 Å². The molecule has 194 valence electrons. The molecule has 0 aliphatic rings. The van der Waals surface area contributed by atoms with Crippen LogP contribution < -0.4 is 5.32 Å². The van der Waals surface area contributed by atoms with Crippen LogP contribution in [0.2, 0.25) is 0 Å². The van der Waals surface area contributed by atoms with Gasteiger partial charge in [-0.05, 0) is 51.9 Å². The molecule has 1 amide bonds. The molecule has 0 rings (SSSR count). The summed E-state index contributed by atoms with van der Waals surface area (Å²) >= 11 is 0. The average molecular weight is 472 g/mol. The Labute approximate surface area is 201 Å². The topological polar surface area (TPSA) is 90.9 Å². The molecular weight excluding hydrogens is 422 g/mol. The van der Waals surface area contributed by atoms with E-state index in [1.165, 1.54) is 19.3 Å². The molecule has 0 aliphatic carbocycles. The maximum Gasteiger partial charge on any atom is 0.407 e. The number of ether oxygens (including phenoxy) is 3. The Kier molecular flexibility index (Phi) is 18.6. The number of alkyl carbamates (subject to hydrolysis) is 1. The summed E-state index contributed by atoms with van der Waals surface area (Å²) in [6, 6.07) is 0. The fraction of sp³-hybridized carbons (Fsp3) is 0.885. The van der Waals surface area contributed by atoms with Gasteiger partial charge in [-0.3, -0.25) is 9.59 Å². The molecule has 4 unspecified atom stereocenters. The van der Waals surface area contributed by atoms with Crippen LogP contribution in [0, 0.1) is 11.8 Å². The zero-order valence-corrected chi connectivity index (χ0v) is 22.0. The van der Waals surface area contributed by atoms with Gasteiger partial charge < -0.3 is 19.5 Å². The van der Waals surface area contributed by atoms with Gasteiger partial charge in [0.15, 0.2) is 0 Å². The van der Waals surface area contributed by atoms with Crippen molar-refractivity contribution in [3.05, 3.63) is 0 Å². The third-order valence-corrected chi connectivity index (χ3v) is 5.97. The molecular formula is C26H49NO6. The number of carbonyl (C=O) groups is 3. The highest BCUT2D eigenvalue weighted by Gasteiger charge is 2.16. The van der Waals surface area contributed by atoms with Gasteiger partial charge in [-0.2, -0.15) is 0 Å². The minimum absolute atomic E-state index is 0.0233. The van der Waals surface area contributed by atoms with E-state index in [4.69, 9.17) is 14.2 Å². The largest absolute Gasteiger partial charge is 0.464 e. The van der Waals surface area contributed by atoms with Crippen LogP contribution in [0.25, 0.3) is 0 Å². The normalized spacial score (nSPS) is 14.6. The first-order valence-electron chi connectivity index (χ1n) is 13.0. The predicted octanol–water partition coefficient (Wildman–Crippen LogP) is 6.18. The van der Waals surface area contributed by atoms with E-state index < -0.39 is 6.09 Å². The van der Waals surface area contributed by atoms with Crippen LogP contribution in [0.4, 0.5) is 4.79 Å². The van der Waals surface area contributed by atoms with Gasteiger partial charge >= 0.3 is 18.0 Å². The number of rotatable bonds is 19. The lowest BCUT2D eigenvalue weighted by Gasteiger charge is -2.20. The highest BCUT2D eigenvalue weighted by atomic mass is 16.6. The van der Waals surface area contributed by atoms with Crippen molar-refractivity contribution in [3.63, 3.8) is 0 Å². The number of amides is 1. The van der Waals surface area contributed by atoms with E-state index >= 15 is 0 Å². The standard InChI is InChI=1S/C26H49NO6/c1-7-10-15-23(9-3)19-22(6)32-24(28)16-13-11-12-14-21(5)33-26(30)27-17-18-31-25(29)20(4)8-2/h20-23H,7-19H2,1-6H3,(H,27,30). The van der Waals surface area contributed by atoms with E-state index in [9.17, 15) is 14.4 Å². The quantitative estimate of drug-likeness (QED) is 0.137. The summed E-state index contributed by atoms with van der Waals surface area (Å²) < 4.78 is 16.0. The number of hydrogen-bond acceptors (Lipinski definition) is 6. The maximum absolute atomic E-state index is 12.1. The van der Waals surface area contributed by atoms with Crippen molar-refractivity contribution < 1.29 is 28.6 Å². The van der Waals surface area contributed by atoms with Gasteiger partial charge in [-0.15, -0.1) is 0 Å². The number of nitrogens with one attached hydrogen (secondary N) is 1. The molecule has 7 nitrogen and oxygen atoms in total. The van der Waals surface area contributed by atoms with E-state index in [0.717, 1.165) is 44.9 Å². The number of esters is 2. The van der Waals surface area contributed by atoms with E-state index in [1.807, 2.05) is 27.7 Å².